The quantitative estimate of drug-likeness (QED) is 0.0254. The van der Waals surface area contributed by atoms with Gasteiger partial charge in [-0.15, -0.1) is 0 Å². The van der Waals surface area contributed by atoms with Gasteiger partial charge in [0.25, 0.3) is 5.79 Å². The minimum absolute atomic E-state index is 0.0664. The molecule has 6 saturated heterocycles. The fraction of sp³-hybridized carbons (Fsp3) is 0.806. The number of aliphatic hydroxyl groups is 13. The first-order chi connectivity index (χ1) is 54.0. The second-order valence-corrected chi connectivity index (χ2v) is 29.0. The van der Waals surface area contributed by atoms with E-state index in [1.807, 2.05) is 10.6 Å². The number of hydrogen-bond donors (Lipinski definition) is 25. The molecule has 31 atom stereocenters. The summed E-state index contributed by atoms with van der Waals surface area (Å²) in [6.07, 6.45) is -44.2. The highest BCUT2D eigenvalue weighted by Gasteiger charge is 2.62. The third kappa shape index (κ3) is 24.2. The summed E-state index contributed by atoms with van der Waals surface area (Å²) in [6, 6.07) is -17.9. The molecule has 27 N–H and O–H groups in total. The number of unbranched alkanes of at least 4 members (excludes halogenated alkanes) is 1. The summed E-state index contributed by atoms with van der Waals surface area (Å²) in [6.45, 7) is 2.46. The summed E-state index contributed by atoms with van der Waals surface area (Å²) in [7, 11) is 0. The van der Waals surface area contributed by atoms with E-state index in [4.69, 9.17) is 49.4 Å². The van der Waals surface area contributed by atoms with Crippen molar-refractivity contribution in [3.05, 3.63) is 0 Å². The molecule has 0 aromatic heterocycles. The summed E-state index contributed by atoms with van der Waals surface area (Å²) in [5.74, 6) is -19.0. The van der Waals surface area contributed by atoms with Crippen LogP contribution in [-0.4, -0.2) is 398 Å². The number of carboxylic acids is 2. The van der Waals surface area contributed by atoms with Gasteiger partial charge in [0.1, 0.15) is 134 Å². The number of nitrogens with zero attached hydrogens (tertiary/aromatic N) is 2. The summed E-state index contributed by atoms with van der Waals surface area (Å²) >= 11 is 0. The van der Waals surface area contributed by atoms with Gasteiger partial charge in [0.05, 0.1) is 63.3 Å². The largest absolute Gasteiger partial charge is 0.480 e. The zero-order chi connectivity index (χ0) is 86.1. The Morgan fingerprint density at radius 3 is 1.72 bits per heavy atom. The summed E-state index contributed by atoms with van der Waals surface area (Å²) < 4.78 is 48.3. The molecule has 0 aromatic carbocycles. The highest BCUT2D eigenvalue weighted by Crippen LogP contribution is 2.40. The molecule has 0 aromatic rings. The third-order valence-corrected chi connectivity index (χ3v) is 20.2. The van der Waals surface area contributed by atoms with E-state index in [1.165, 1.54) is 18.7 Å². The Morgan fingerprint density at radius 2 is 1.16 bits per heavy atom. The SMILES string of the molecule is CC(=O)N[C@H]1[C@H](O[C@H](C)[C@H](NC(=O)[C@H](CC(N)=O)NC(=O)[C@@H]2CCCN2C(=O)[C@@H]2CCCN2C(=O)[C@H](CCCCN)NC(C)=O)C(=O)N[C@H](C(=O)N[C@@H](CO)C(=O)N[C@@H](C)C(=O)O)[C@@H](C)O)O[C@H](CO)[C@@H](O[C@@H]2O[C@H](CO)[C@H](O)[C@H](O[C@]3(C(=O)O)C[C@H](O)[C@@H](NC(C)=O)[C@H]([C@H](O)[C@H](O)CO)O3)[C@H]2O)[C@@H]1O[C@@H]1O[C@@H](C)[C@@H](O)[C@@H](O)[C@@H]1O. The molecule has 0 bridgehead atoms. The Labute approximate surface area is 656 Å². The number of aliphatic hydroxyl groups excluding tert-OH is 13. The fourth-order valence-corrected chi connectivity index (χ4v) is 14.2. The first-order valence-electron chi connectivity index (χ1n) is 37.3. The smallest absolute Gasteiger partial charge is 0.364 e. The van der Waals surface area contributed by atoms with Crippen LogP contribution in [0.25, 0.3) is 0 Å². The van der Waals surface area contributed by atoms with Crippen molar-refractivity contribution in [3.63, 3.8) is 0 Å². The van der Waals surface area contributed by atoms with Gasteiger partial charge in [-0.05, 0) is 79.2 Å². The molecule has 0 spiro atoms. The highest BCUT2D eigenvalue weighted by atomic mass is 16.8. The Bertz CT molecular complexity index is 3370. The standard InChI is InChI=1S/C67H110N12O36/c1-24(62(104)105)70-56(98)33(20-80)75-58(100)41(25(2)84)76-59(101)42(77-55(97)32(18-40(69)90)74-57(99)34-13-10-16-78(34)61(103)35-14-11-17-79(35)60(102)31(71-28(5)85)12-8-9-15-68)26(3)108-63-44(73-30(7)87)53(113-64-49(95)48(94)45(91)27(4)109-64)51(39(23-83)111-63)112-65-50(96)54(47(93)38(22-82)110-65)115-67(66(106)107)19-36(88)43(72-29(6)86)52(114-67)46(92)37(89)21-81/h24-27,31-39,41-54,63-65,80-84,88-89,91-96H,8-23,68H2,1-7H3,(H2,69,90)(H,70,98)(H,71,85)(H,72,86)(H,73,87)(H,74,99)(H,75,100)(H,76,101)(H,77,97)(H,104,105)(H,106,107)/t24-,25+,26+,27-,31-,32-,33-,34-,35-,36-,37+,38+,39+,41-,42-,43+,44+,45+,46+,47-,48+,49-,50+,51+,52+,53+,54-,63+,64-,65-,67-/m0/s1. The number of hydrogen-bond acceptors (Lipinski definition) is 35. The lowest BCUT2D eigenvalue weighted by atomic mass is 9.88. The van der Waals surface area contributed by atoms with Crippen LogP contribution in [0.1, 0.15) is 106 Å². The van der Waals surface area contributed by atoms with Crippen LogP contribution in [0.4, 0.5) is 0 Å². The van der Waals surface area contributed by atoms with E-state index in [0.717, 1.165) is 39.5 Å². The molecule has 654 valence electrons. The summed E-state index contributed by atoms with van der Waals surface area (Å²) in [5.41, 5.74) is 11.3. The van der Waals surface area contributed by atoms with Gasteiger partial charge in [-0.25, -0.2) is 4.79 Å². The Hall–Kier alpha value is -7.77. The normalized spacial score (nSPS) is 32.8. The minimum atomic E-state index is -3.35. The number of aliphatic carboxylic acids is 2. The molecule has 0 aliphatic carbocycles. The van der Waals surface area contributed by atoms with Crippen molar-refractivity contribution in [1.82, 2.24) is 52.3 Å². The van der Waals surface area contributed by atoms with E-state index in [9.17, 15) is 129 Å². The van der Waals surface area contributed by atoms with Crippen molar-refractivity contribution >= 4 is 76.9 Å². The first-order valence-corrected chi connectivity index (χ1v) is 37.3. The molecular formula is C67H110N12O36. The van der Waals surface area contributed by atoms with Crippen LogP contribution in [0.2, 0.25) is 0 Å². The molecule has 0 unspecified atom stereocenters. The van der Waals surface area contributed by atoms with E-state index in [2.05, 4.69) is 31.9 Å². The molecule has 6 aliphatic heterocycles. The Balaban J connectivity index is 1.42. The zero-order valence-corrected chi connectivity index (χ0v) is 64.0. The van der Waals surface area contributed by atoms with Gasteiger partial charge in [-0.1, -0.05) is 0 Å². The molecule has 115 heavy (non-hydrogen) atoms. The maximum absolute atomic E-state index is 15.2. The Morgan fingerprint density at radius 1 is 0.583 bits per heavy atom. The number of primary amides is 1. The van der Waals surface area contributed by atoms with Gasteiger partial charge < -0.3 is 178 Å². The third-order valence-electron chi connectivity index (χ3n) is 20.2. The van der Waals surface area contributed by atoms with Crippen LogP contribution in [0, 0.1) is 0 Å². The first kappa shape index (κ1) is 96.1. The highest BCUT2D eigenvalue weighted by molar-refractivity contribution is 5.99. The van der Waals surface area contributed by atoms with Gasteiger partial charge in [0.2, 0.25) is 65.0 Å². The van der Waals surface area contributed by atoms with Gasteiger partial charge in [-0.2, -0.15) is 0 Å². The average Bonchev–Trinajstić information content (AvgIpc) is 1.37. The van der Waals surface area contributed by atoms with Gasteiger partial charge in [0, 0.05) is 40.3 Å². The van der Waals surface area contributed by atoms with Crippen molar-refractivity contribution in [1.29, 1.82) is 0 Å². The van der Waals surface area contributed by atoms with Crippen molar-refractivity contribution in [3.8, 4) is 0 Å². The number of nitrogens with one attached hydrogen (secondary N) is 8. The second-order valence-electron chi connectivity index (χ2n) is 29.0. The Kier molecular flexibility index (Phi) is 36.0. The van der Waals surface area contributed by atoms with Gasteiger partial charge >= 0.3 is 11.9 Å². The molecule has 11 amide bonds. The van der Waals surface area contributed by atoms with Crippen LogP contribution in [-0.2, 0) is 100 Å². The van der Waals surface area contributed by atoms with Gasteiger partial charge in [0.15, 0.2) is 18.9 Å². The van der Waals surface area contributed by atoms with E-state index >= 15 is 9.59 Å². The molecular weight excluding hydrogens is 1550 g/mol. The molecule has 6 fully saturated rings. The maximum atomic E-state index is 15.2. The van der Waals surface area contributed by atoms with Gasteiger partial charge in [-0.3, -0.25) is 57.5 Å². The summed E-state index contributed by atoms with van der Waals surface area (Å²) in [5, 5.41) is 182. The van der Waals surface area contributed by atoms with Crippen molar-refractivity contribution in [2.24, 2.45) is 11.5 Å². The van der Waals surface area contributed by atoms with Crippen LogP contribution in [0.3, 0.4) is 0 Å². The summed E-state index contributed by atoms with van der Waals surface area (Å²) in [4.78, 5) is 179. The number of carbonyl (C=O) groups excluding carboxylic acids is 11. The molecule has 6 rings (SSSR count). The lowest BCUT2D eigenvalue weighted by Crippen LogP contribution is -2.72. The number of rotatable bonds is 39. The van der Waals surface area contributed by atoms with E-state index in [1.54, 1.807) is 0 Å². The number of ether oxygens (including phenoxy) is 8. The van der Waals surface area contributed by atoms with E-state index < -0.39 is 305 Å². The number of carbonyl (C=O) groups is 13. The number of amides is 11. The lowest BCUT2D eigenvalue weighted by Gasteiger charge is -2.52. The molecule has 6 heterocycles. The monoisotopic (exact) mass is 1660 g/mol. The van der Waals surface area contributed by atoms with Crippen LogP contribution < -0.4 is 54.0 Å². The molecule has 6 aliphatic rings. The zero-order valence-electron chi connectivity index (χ0n) is 64.0. The van der Waals surface area contributed by atoms with Crippen molar-refractivity contribution in [2.45, 2.75) is 295 Å². The van der Waals surface area contributed by atoms with Crippen molar-refractivity contribution < 1.29 is 177 Å². The topological polar surface area (TPSA) is 754 Å². The van der Waals surface area contributed by atoms with E-state index in [-0.39, 0.29) is 38.8 Å². The van der Waals surface area contributed by atoms with Crippen LogP contribution >= 0.6 is 0 Å². The molecule has 0 radical (unpaired) electrons. The average molecular weight is 1660 g/mol. The van der Waals surface area contributed by atoms with E-state index in [0.29, 0.717) is 25.8 Å². The molecule has 0 saturated carbocycles. The lowest BCUT2D eigenvalue weighted by molar-refractivity contribution is -0.392. The predicted molar refractivity (Wildman–Crippen MR) is 377 cm³/mol. The van der Waals surface area contributed by atoms with Crippen molar-refractivity contribution in [2.75, 3.05) is 46.1 Å². The van der Waals surface area contributed by atoms with Crippen LogP contribution in [0.15, 0.2) is 0 Å². The number of nitrogens with two attached hydrogens (primary N) is 2. The fourth-order valence-electron chi connectivity index (χ4n) is 14.2. The molecule has 48 nitrogen and oxygen atoms in total. The number of carboxylic acid groups (broad SMARTS) is 2. The predicted octanol–water partition coefficient (Wildman–Crippen LogP) is -14.4. The molecule has 48 heteroatoms. The van der Waals surface area contributed by atoms with Crippen LogP contribution in [0.5, 0.6) is 0 Å². The number of likely N-dealkylation sites (tertiary alicyclic amines) is 2. The second kappa shape index (κ2) is 43.1. The maximum Gasteiger partial charge on any atom is 0.364 e. The minimum Gasteiger partial charge on any atom is -0.480 e.